The lowest BCUT2D eigenvalue weighted by Crippen LogP contribution is -2.31. The van der Waals surface area contributed by atoms with Gasteiger partial charge in [-0.25, -0.2) is 14.2 Å². The van der Waals surface area contributed by atoms with Gasteiger partial charge in [0.15, 0.2) is 0 Å². The number of ether oxygens (including phenoxy) is 1. The molecule has 1 unspecified atom stereocenters. The van der Waals surface area contributed by atoms with Crippen molar-refractivity contribution in [3.05, 3.63) is 40.1 Å². The Morgan fingerprint density at radius 1 is 1.48 bits per heavy atom. The maximum absolute atomic E-state index is 13.1. The summed E-state index contributed by atoms with van der Waals surface area (Å²) in [5.41, 5.74) is 1.32. The minimum absolute atomic E-state index is 0.213. The van der Waals surface area contributed by atoms with Crippen LogP contribution in [0.1, 0.15) is 23.7 Å². The number of hydrogen-bond donors (Lipinski definition) is 2. The van der Waals surface area contributed by atoms with Gasteiger partial charge in [0, 0.05) is 17.1 Å². The summed E-state index contributed by atoms with van der Waals surface area (Å²) in [7, 11) is 1.42. The molecular weight excluding hydrogens is 293 g/mol. The predicted molar refractivity (Wildman–Crippen MR) is 80.4 cm³/mol. The van der Waals surface area contributed by atoms with Gasteiger partial charge in [0.2, 0.25) is 0 Å². The van der Waals surface area contributed by atoms with Crippen molar-refractivity contribution in [3.63, 3.8) is 0 Å². The molecule has 1 aromatic carbocycles. The first-order chi connectivity index (χ1) is 9.99. The fourth-order valence-electron chi connectivity index (χ4n) is 1.76. The average molecular weight is 309 g/mol. The molecule has 0 aliphatic carbocycles. The number of aryl methyl sites for hydroxylation is 1. The van der Waals surface area contributed by atoms with E-state index in [4.69, 9.17) is 4.74 Å². The number of urea groups is 1. The Morgan fingerprint density at radius 3 is 2.86 bits per heavy atom. The number of hydrogen-bond acceptors (Lipinski definition) is 4. The van der Waals surface area contributed by atoms with Gasteiger partial charge in [-0.3, -0.25) is 0 Å². The van der Waals surface area contributed by atoms with Crippen LogP contribution in [0.25, 0.3) is 0 Å². The summed E-state index contributed by atoms with van der Waals surface area (Å²) in [6, 6.07) is 3.30. The molecule has 0 fully saturated rings. The highest BCUT2D eigenvalue weighted by Crippen LogP contribution is 2.25. The Morgan fingerprint density at radius 2 is 2.24 bits per heavy atom. The monoisotopic (exact) mass is 309 g/mol. The van der Waals surface area contributed by atoms with Gasteiger partial charge >= 0.3 is 6.03 Å². The molecule has 1 aromatic heterocycles. The second-order valence-corrected chi connectivity index (χ2v) is 5.38. The van der Waals surface area contributed by atoms with Crippen LogP contribution in [0.15, 0.2) is 23.6 Å². The number of halogens is 1. The lowest BCUT2D eigenvalue weighted by Gasteiger charge is -2.14. The van der Waals surface area contributed by atoms with Crippen molar-refractivity contribution in [3.8, 4) is 5.75 Å². The molecule has 2 N–H and O–H groups in total. The Labute approximate surface area is 126 Å². The van der Waals surface area contributed by atoms with Crippen molar-refractivity contribution in [2.24, 2.45) is 0 Å². The molecule has 5 nitrogen and oxygen atoms in total. The number of nitrogens with zero attached hydrogens (tertiary/aromatic N) is 1. The number of amides is 2. The molecule has 0 saturated heterocycles. The molecule has 0 aliphatic heterocycles. The van der Waals surface area contributed by atoms with Crippen LogP contribution in [0, 0.1) is 12.7 Å². The standard InChI is InChI=1S/C14H16FN3O2S/c1-8-7-21-13(16-8)9(2)17-14(19)18-11-5-4-10(15)6-12(11)20-3/h4-7,9H,1-3H3,(H2,17,18,19). The van der Waals surface area contributed by atoms with Gasteiger partial charge in [-0.15, -0.1) is 11.3 Å². The van der Waals surface area contributed by atoms with E-state index >= 15 is 0 Å². The zero-order valence-electron chi connectivity index (χ0n) is 11.9. The molecule has 112 valence electrons. The van der Waals surface area contributed by atoms with Crippen LogP contribution in [-0.2, 0) is 0 Å². The first kappa shape index (κ1) is 15.2. The Kier molecular flexibility index (Phi) is 4.74. The van der Waals surface area contributed by atoms with Gasteiger partial charge in [-0.05, 0) is 26.0 Å². The zero-order chi connectivity index (χ0) is 15.4. The molecule has 2 amide bonds. The van der Waals surface area contributed by atoms with Crippen LogP contribution >= 0.6 is 11.3 Å². The number of benzene rings is 1. The summed E-state index contributed by atoms with van der Waals surface area (Å²) in [6.07, 6.45) is 0. The van der Waals surface area contributed by atoms with E-state index in [1.54, 1.807) is 0 Å². The SMILES string of the molecule is COc1cc(F)ccc1NC(=O)NC(C)c1nc(C)cs1. The van der Waals surface area contributed by atoms with E-state index in [2.05, 4.69) is 15.6 Å². The summed E-state index contributed by atoms with van der Waals surface area (Å²) in [6.45, 7) is 3.75. The number of nitrogens with one attached hydrogen (secondary N) is 2. The van der Waals surface area contributed by atoms with E-state index in [-0.39, 0.29) is 11.8 Å². The number of methoxy groups -OCH3 is 1. The first-order valence-corrected chi connectivity index (χ1v) is 7.20. The molecule has 1 atom stereocenters. The topological polar surface area (TPSA) is 63.2 Å². The van der Waals surface area contributed by atoms with Gasteiger partial charge in [-0.1, -0.05) is 0 Å². The summed E-state index contributed by atoms with van der Waals surface area (Å²) in [4.78, 5) is 16.3. The number of carbonyl (C=O) groups excluding carboxylic acids is 1. The van der Waals surface area contributed by atoms with Gasteiger partial charge in [0.05, 0.1) is 18.8 Å². The largest absolute Gasteiger partial charge is 0.494 e. The number of rotatable bonds is 4. The van der Waals surface area contributed by atoms with Crippen LogP contribution in [-0.4, -0.2) is 18.1 Å². The van der Waals surface area contributed by atoms with Crippen LogP contribution < -0.4 is 15.4 Å². The molecule has 2 aromatic rings. The van der Waals surface area contributed by atoms with Gasteiger partial charge in [0.1, 0.15) is 16.6 Å². The third-order valence-corrected chi connectivity index (χ3v) is 3.91. The molecule has 0 aliphatic rings. The van der Waals surface area contributed by atoms with Gasteiger partial charge in [-0.2, -0.15) is 0 Å². The van der Waals surface area contributed by atoms with Gasteiger partial charge < -0.3 is 15.4 Å². The third kappa shape index (κ3) is 3.91. The van der Waals surface area contributed by atoms with Crippen molar-refractivity contribution < 1.29 is 13.9 Å². The van der Waals surface area contributed by atoms with Crippen molar-refractivity contribution in [1.29, 1.82) is 0 Å². The quantitative estimate of drug-likeness (QED) is 0.909. The van der Waals surface area contributed by atoms with Crippen LogP contribution in [0.3, 0.4) is 0 Å². The van der Waals surface area contributed by atoms with Crippen LogP contribution in [0.5, 0.6) is 5.75 Å². The minimum Gasteiger partial charge on any atom is -0.494 e. The molecule has 0 spiro atoms. The highest BCUT2D eigenvalue weighted by molar-refractivity contribution is 7.09. The zero-order valence-corrected chi connectivity index (χ0v) is 12.8. The van der Waals surface area contributed by atoms with Crippen LogP contribution in [0.4, 0.5) is 14.9 Å². The number of anilines is 1. The van der Waals surface area contributed by atoms with E-state index in [1.807, 2.05) is 19.2 Å². The average Bonchev–Trinajstić information content (AvgIpc) is 2.87. The number of aromatic nitrogens is 1. The molecule has 0 saturated carbocycles. The molecular formula is C14H16FN3O2S. The molecule has 0 bridgehead atoms. The molecule has 21 heavy (non-hydrogen) atoms. The van der Waals surface area contributed by atoms with Crippen molar-refractivity contribution in [1.82, 2.24) is 10.3 Å². The highest BCUT2D eigenvalue weighted by atomic mass is 32.1. The number of thiazole rings is 1. The molecule has 1 heterocycles. The van der Waals surface area contributed by atoms with Crippen LogP contribution in [0.2, 0.25) is 0 Å². The fourth-order valence-corrected chi connectivity index (χ4v) is 2.56. The first-order valence-electron chi connectivity index (χ1n) is 6.32. The fraction of sp³-hybridized carbons (Fsp3) is 0.286. The molecule has 7 heteroatoms. The Hall–Kier alpha value is -2.15. The van der Waals surface area contributed by atoms with Crippen molar-refractivity contribution >= 4 is 23.1 Å². The maximum atomic E-state index is 13.1. The second-order valence-electron chi connectivity index (χ2n) is 4.49. The Bertz CT molecular complexity index is 645. The van der Waals surface area contributed by atoms with E-state index < -0.39 is 11.8 Å². The molecule has 0 radical (unpaired) electrons. The normalized spacial score (nSPS) is 11.8. The third-order valence-electron chi connectivity index (χ3n) is 2.77. The van der Waals surface area contributed by atoms with Gasteiger partial charge in [0.25, 0.3) is 0 Å². The highest BCUT2D eigenvalue weighted by Gasteiger charge is 2.14. The van der Waals surface area contributed by atoms with E-state index in [9.17, 15) is 9.18 Å². The molecule has 2 rings (SSSR count). The smallest absolute Gasteiger partial charge is 0.319 e. The second kappa shape index (κ2) is 6.53. The summed E-state index contributed by atoms with van der Waals surface area (Å²) < 4.78 is 18.1. The maximum Gasteiger partial charge on any atom is 0.319 e. The van der Waals surface area contributed by atoms with Crippen molar-refractivity contribution in [2.45, 2.75) is 19.9 Å². The Balaban J connectivity index is 2.01. The lowest BCUT2D eigenvalue weighted by atomic mass is 10.3. The van der Waals surface area contributed by atoms with E-state index in [1.165, 1.54) is 36.6 Å². The predicted octanol–water partition coefficient (Wildman–Crippen LogP) is 3.48. The summed E-state index contributed by atoms with van der Waals surface area (Å²) >= 11 is 1.49. The van der Waals surface area contributed by atoms with E-state index in [0.717, 1.165) is 10.7 Å². The summed E-state index contributed by atoms with van der Waals surface area (Å²) in [5, 5.41) is 8.16. The lowest BCUT2D eigenvalue weighted by molar-refractivity contribution is 0.249. The van der Waals surface area contributed by atoms with E-state index in [0.29, 0.717) is 5.69 Å². The summed E-state index contributed by atoms with van der Waals surface area (Å²) in [5.74, 6) is -0.160. The minimum atomic E-state index is -0.426. The van der Waals surface area contributed by atoms with Crippen molar-refractivity contribution in [2.75, 3.05) is 12.4 Å². The number of carbonyl (C=O) groups is 1.